The van der Waals surface area contributed by atoms with Gasteiger partial charge in [0.1, 0.15) is 0 Å². The molecule has 0 bridgehead atoms. The maximum atomic E-state index is 12.5. The van der Waals surface area contributed by atoms with Crippen molar-refractivity contribution in [2.75, 3.05) is 5.75 Å². The van der Waals surface area contributed by atoms with Gasteiger partial charge in [-0.3, -0.25) is 9.36 Å². The summed E-state index contributed by atoms with van der Waals surface area (Å²) in [6, 6.07) is 8.78. The minimum Gasteiger partial charge on any atom is -0.352 e. The van der Waals surface area contributed by atoms with Crippen molar-refractivity contribution in [1.29, 1.82) is 0 Å². The van der Waals surface area contributed by atoms with Gasteiger partial charge in [-0.1, -0.05) is 82.6 Å². The quantitative estimate of drug-likeness (QED) is 0.487. The summed E-state index contributed by atoms with van der Waals surface area (Å²) >= 11 is 1.44. The van der Waals surface area contributed by atoms with E-state index in [-0.39, 0.29) is 11.3 Å². The van der Waals surface area contributed by atoms with E-state index < -0.39 is 0 Å². The Balaban J connectivity index is 1.69. The molecule has 3 rings (SSSR count). The molecule has 5 nitrogen and oxygen atoms in total. The number of carbonyl (C=O) groups is 1. The molecule has 1 aromatic heterocycles. The second-order valence-electron chi connectivity index (χ2n) is 9.26. The second-order valence-corrected chi connectivity index (χ2v) is 10.2. The molecule has 1 heterocycles. The van der Waals surface area contributed by atoms with Crippen LogP contribution in [0.25, 0.3) is 11.4 Å². The van der Waals surface area contributed by atoms with Crippen molar-refractivity contribution < 1.29 is 4.79 Å². The molecule has 1 aromatic carbocycles. The molecule has 1 saturated carbocycles. The molecule has 0 saturated heterocycles. The smallest absolute Gasteiger partial charge is 0.230 e. The first-order valence-electron chi connectivity index (χ1n) is 10.9. The Hall–Kier alpha value is -2.08. The summed E-state index contributed by atoms with van der Waals surface area (Å²) in [7, 11) is 0. The van der Waals surface area contributed by atoms with E-state index in [0.717, 1.165) is 23.0 Å². The molecule has 30 heavy (non-hydrogen) atoms. The Labute approximate surface area is 184 Å². The summed E-state index contributed by atoms with van der Waals surface area (Å²) in [5, 5.41) is 12.7. The molecule has 1 fully saturated rings. The number of carbonyl (C=O) groups excluding carboxylic acids is 1. The number of hydrogen-bond donors (Lipinski definition) is 1. The molecule has 0 unspecified atom stereocenters. The van der Waals surface area contributed by atoms with Gasteiger partial charge in [-0.05, 0) is 29.7 Å². The van der Waals surface area contributed by atoms with Crippen LogP contribution in [0.4, 0.5) is 0 Å². The molecule has 1 aliphatic rings. The maximum absolute atomic E-state index is 12.5. The van der Waals surface area contributed by atoms with Crippen LogP contribution >= 0.6 is 11.8 Å². The number of nitrogens with one attached hydrogen (secondary N) is 1. The molecule has 0 radical (unpaired) electrons. The SMILES string of the molecule is C=CCn1c(SCC(=O)N[C@@H]2CCCC[C@@H]2C)nnc1-c1ccc(C(C)(C)C)cc1. The van der Waals surface area contributed by atoms with Gasteiger partial charge >= 0.3 is 0 Å². The Morgan fingerprint density at radius 2 is 1.93 bits per heavy atom. The van der Waals surface area contributed by atoms with Gasteiger partial charge < -0.3 is 5.32 Å². The van der Waals surface area contributed by atoms with Crippen LogP contribution < -0.4 is 5.32 Å². The van der Waals surface area contributed by atoms with Crippen molar-refractivity contribution in [2.24, 2.45) is 5.92 Å². The summed E-state index contributed by atoms with van der Waals surface area (Å²) in [4.78, 5) is 12.5. The molecule has 0 aliphatic heterocycles. The molecule has 2 atom stereocenters. The summed E-state index contributed by atoms with van der Waals surface area (Å²) in [5.74, 6) is 1.78. The van der Waals surface area contributed by atoms with Crippen LogP contribution in [0.2, 0.25) is 0 Å². The van der Waals surface area contributed by atoms with Gasteiger partial charge in [0.25, 0.3) is 0 Å². The van der Waals surface area contributed by atoms with Gasteiger partial charge in [0.05, 0.1) is 5.75 Å². The average molecular weight is 427 g/mol. The van der Waals surface area contributed by atoms with Crippen LogP contribution in [0.5, 0.6) is 0 Å². The lowest BCUT2D eigenvalue weighted by atomic mass is 9.86. The van der Waals surface area contributed by atoms with E-state index in [0.29, 0.717) is 24.3 Å². The number of aromatic nitrogens is 3. The third kappa shape index (κ3) is 5.54. The van der Waals surface area contributed by atoms with Gasteiger partial charge in [0.2, 0.25) is 5.91 Å². The van der Waals surface area contributed by atoms with Crippen molar-refractivity contribution in [3.8, 4) is 11.4 Å². The third-order valence-corrected chi connectivity index (χ3v) is 6.79. The lowest BCUT2D eigenvalue weighted by molar-refractivity contribution is -0.119. The van der Waals surface area contributed by atoms with Crippen LogP contribution in [0.1, 0.15) is 58.9 Å². The monoisotopic (exact) mass is 426 g/mol. The van der Waals surface area contributed by atoms with Crippen molar-refractivity contribution in [2.45, 2.75) is 76.5 Å². The fourth-order valence-electron chi connectivity index (χ4n) is 3.93. The van der Waals surface area contributed by atoms with Gasteiger partial charge in [-0.15, -0.1) is 16.8 Å². The van der Waals surface area contributed by atoms with Gasteiger partial charge in [0.15, 0.2) is 11.0 Å². The van der Waals surface area contributed by atoms with E-state index in [1.54, 1.807) is 0 Å². The normalized spacial score (nSPS) is 19.5. The van der Waals surface area contributed by atoms with Crippen molar-refractivity contribution in [3.05, 3.63) is 42.5 Å². The van der Waals surface area contributed by atoms with Crippen molar-refractivity contribution >= 4 is 17.7 Å². The zero-order valence-electron chi connectivity index (χ0n) is 18.6. The number of benzene rings is 1. The first-order valence-corrected chi connectivity index (χ1v) is 11.9. The zero-order chi connectivity index (χ0) is 21.7. The van der Waals surface area contributed by atoms with Crippen molar-refractivity contribution in [3.63, 3.8) is 0 Å². The summed E-state index contributed by atoms with van der Waals surface area (Å²) in [6.45, 7) is 13.3. The second kappa shape index (κ2) is 9.82. The zero-order valence-corrected chi connectivity index (χ0v) is 19.5. The van der Waals surface area contributed by atoms with Gasteiger partial charge in [-0.25, -0.2) is 0 Å². The number of thioether (sulfide) groups is 1. The van der Waals surface area contributed by atoms with Gasteiger partial charge in [0, 0.05) is 18.2 Å². The number of hydrogen-bond acceptors (Lipinski definition) is 4. The van der Waals surface area contributed by atoms with Crippen LogP contribution in [0.15, 0.2) is 42.1 Å². The minimum absolute atomic E-state index is 0.0722. The van der Waals surface area contributed by atoms with E-state index in [1.165, 1.54) is 36.6 Å². The molecular formula is C24H34N4OS. The highest BCUT2D eigenvalue weighted by molar-refractivity contribution is 7.99. The lowest BCUT2D eigenvalue weighted by Crippen LogP contribution is -2.41. The average Bonchev–Trinajstić information content (AvgIpc) is 3.10. The van der Waals surface area contributed by atoms with Crippen molar-refractivity contribution in [1.82, 2.24) is 20.1 Å². The maximum Gasteiger partial charge on any atom is 0.230 e. The van der Waals surface area contributed by atoms with Crippen LogP contribution in [0.3, 0.4) is 0 Å². The van der Waals surface area contributed by atoms with Crippen LogP contribution in [-0.4, -0.2) is 32.5 Å². The number of rotatable bonds is 7. The first kappa shape index (κ1) is 22.6. The number of allylic oxidation sites excluding steroid dienone is 1. The highest BCUT2D eigenvalue weighted by atomic mass is 32.2. The lowest BCUT2D eigenvalue weighted by Gasteiger charge is -2.29. The van der Waals surface area contributed by atoms with E-state index in [4.69, 9.17) is 0 Å². The molecule has 6 heteroatoms. The summed E-state index contributed by atoms with van der Waals surface area (Å²) < 4.78 is 2.03. The van der Waals surface area contributed by atoms with E-state index in [9.17, 15) is 4.79 Å². The molecule has 1 aliphatic carbocycles. The Bertz CT molecular complexity index is 866. The van der Waals surface area contributed by atoms with Gasteiger partial charge in [-0.2, -0.15) is 0 Å². The Morgan fingerprint density at radius 1 is 1.23 bits per heavy atom. The van der Waals surface area contributed by atoms with E-state index in [1.807, 2.05) is 10.6 Å². The summed E-state index contributed by atoms with van der Waals surface area (Å²) in [5.41, 5.74) is 2.41. The van der Waals surface area contributed by atoms with E-state index >= 15 is 0 Å². The first-order chi connectivity index (χ1) is 14.3. The predicted molar refractivity (Wildman–Crippen MR) is 125 cm³/mol. The van der Waals surface area contributed by atoms with Crippen LogP contribution in [0, 0.1) is 5.92 Å². The van der Waals surface area contributed by atoms with Crippen LogP contribution in [-0.2, 0) is 16.8 Å². The Kier molecular flexibility index (Phi) is 7.40. The predicted octanol–water partition coefficient (Wildman–Crippen LogP) is 5.22. The van der Waals surface area contributed by atoms with E-state index in [2.05, 4.69) is 74.1 Å². The fourth-order valence-corrected chi connectivity index (χ4v) is 4.69. The number of nitrogens with zero attached hydrogens (tertiary/aromatic N) is 3. The fraction of sp³-hybridized carbons (Fsp3) is 0.542. The highest BCUT2D eigenvalue weighted by Crippen LogP contribution is 2.28. The highest BCUT2D eigenvalue weighted by Gasteiger charge is 2.23. The third-order valence-electron chi connectivity index (χ3n) is 5.83. The molecule has 2 aromatic rings. The molecule has 1 amide bonds. The topological polar surface area (TPSA) is 59.8 Å². The number of amides is 1. The molecule has 0 spiro atoms. The molecular weight excluding hydrogens is 392 g/mol. The Morgan fingerprint density at radius 3 is 2.57 bits per heavy atom. The molecule has 162 valence electrons. The molecule has 1 N–H and O–H groups in total. The minimum atomic E-state index is 0.0722. The standard InChI is InChI=1S/C24H34N4OS/c1-6-15-28-22(18-11-13-19(14-12-18)24(3,4)5)26-27-23(28)30-16-21(29)25-20-10-8-7-9-17(20)2/h6,11-14,17,20H,1,7-10,15-16H2,2-5H3,(H,25,29)/t17-,20+/m0/s1. The summed E-state index contributed by atoms with van der Waals surface area (Å²) in [6.07, 6.45) is 6.59. The largest absolute Gasteiger partial charge is 0.352 e.